The summed E-state index contributed by atoms with van der Waals surface area (Å²) in [5.74, 6) is -0.792. The zero-order valence-electron chi connectivity index (χ0n) is 21.9. The molecule has 4 nitrogen and oxygen atoms in total. The SMILES string of the molecule is CN1CCCC12CCN(C1CCN(C(=O)c3cc(C(F)(F)F)cc(C(F)(F)F)c3)C(Cc3ccccc3)C1)C2. The van der Waals surface area contributed by atoms with Crippen LogP contribution in [0.3, 0.4) is 0 Å². The monoisotopic (exact) mass is 553 g/mol. The molecule has 0 aromatic heterocycles. The molecule has 212 valence electrons. The van der Waals surface area contributed by atoms with Gasteiger partial charge < -0.3 is 4.90 Å². The summed E-state index contributed by atoms with van der Waals surface area (Å²) in [6.07, 6.45) is -4.89. The topological polar surface area (TPSA) is 26.8 Å². The lowest BCUT2D eigenvalue weighted by Gasteiger charge is -2.43. The lowest BCUT2D eigenvalue weighted by molar-refractivity contribution is -0.143. The van der Waals surface area contributed by atoms with Crippen molar-refractivity contribution in [1.29, 1.82) is 0 Å². The molecule has 3 atom stereocenters. The van der Waals surface area contributed by atoms with Crippen LogP contribution in [0, 0.1) is 0 Å². The van der Waals surface area contributed by atoms with Crippen molar-refractivity contribution in [1.82, 2.24) is 14.7 Å². The molecule has 3 fully saturated rings. The zero-order valence-corrected chi connectivity index (χ0v) is 21.9. The molecule has 3 saturated heterocycles. The maximum absolute atomic E-state index is 13.6. The number of likely N-dealkylation sites (tertiary alicyclic amines) is 3. The Balaban J connectivity index is 1.42. The van der Waals surface area contributed by atoms with Crippen molar-refractivity contribution in [3.05, 3.63) is 70.8 Å². The molecule has 2 aromatic carbocycles. The maximum atomic E-state index is 13.6. The van der Waals surface area contributed by atoms with Gasteiger partial charge in [-0.1, -0.05) is 30.3 Å². The lowest BCUT2D eigenvalue weighted by Crippen LogP contribution is -2.53. The van der Waals surface area contributed by atoms with E-state index in [1.165, 1.54) is 11.3 Å². The molecule has 3 aliphatic rings. The molecule has 5 rings (SSSR count). The van der Waals surface area contributed by atoms with Crippen LogP contribution < -0.4 is 0 Å². The van der Waals surface area contributed by atoms with Crippen LogP contribution in [0.4, 0.5) is 26.3 Å². The van der Waals surface area contributed by atoms with Crippen molar-refractivity contribution in [2.45, 2.75) is 68.5 Å². The summed E-state index contributed by atoms with van der Waals surface area (Å²) in [5.41, 5.74) is -2.39. The highest BCUT2D eigenvalue weighted by atomic mass is 19.4. The van der Waals surface area contributed by atoms with Crippen LogP contribution in [0.1, 0.15) is 59.2 Å². The molecule has 10 heteroatoms. The van der Waals surface area contributed by atoms with E-state index in [2.05, 4.69) is 16.8 Å². The lowest BCUT2D eigenvalue weighted by atomic mass is 9.90. The summed E-state index contributed by atoms with van der Waals surface area (Å²) in [5, 5.41) is 0. The Morgan fingerprint density at radius 2 is 1.59 bits per heavy atom. The van der Waals surface area contributed by atoms with E-state index in [1.807, 2.05) is 30.3 Å². The molecule has 1 spiro atoms. The molecule has 0 N–H and O–H groups in total. The quantitative estimate of drug-likeness (QED) is 0.428. The third-order valence-electron chi connectivity index (χ3n) is 8.92. The fourth-order valence-electron chi connectivity index (χ4n) is 6.74. The van der Waals surface area contributed by atoms with Gasteiger partial charge in [0.1, 0.15) is 0 Å². The summed E-state index contributed by atoms with van der Waals surface area (Å²) < 4.78 is 80.9. The van der Waals surface area contributed by atoms with Gasteiger partial charge in [-0.3, -0.25) is 14.6 Å². The third-order valence-corrected chi connectivity index (χ3v) is 8.92. The Hall–Kier alpha value is -2.59. The first-order valence-corrected chi connectivity index (χ1v) is 13.5. The third kappa shape index (κ3) is 5.82. The smallest absolute Gasteiger partial charge is 0.335 e. The normalized spacial score (nSPS) is 27.0. The molecule has 0 aliphatic carbocycles. The number of halogens is 6. The van der Waals surface area contributed by atoms with Crippen LogP contribution in [0.2, 0.25) is 0 Å². The first-order chi connectivity index (χ1) is 18.4. The predicted molar refractivity (Wildman–Crippen MR) is 135 cm³/mol. The van der Waals surface area contributed by atoms with Crippen molar-refractivity contribution in [3.63, 3.8) is 0 Å². The van der Waals surface area contributed by atoms with E-state index >= 15 is 0 Å². The molecule has 3 heterocycles. The molecule has 1 amide bonds. The van der Waals surface area contributed by atoms with Crippen LogP contribution >= 0.6 is 0 Å². The predicted octanol–water partition coefficient (Wildman–Crippen LogP) is 6.11. The van der Waals surface area contributed by atoms with E-state index in [9.17, 15) is 31.1 Å². The van der Waals surface area contributed by atoms with Crippen molar-refractivity contribution in [3.8, 4) is 0 Å². The van der Waals surface area contributed by atoms with Gasteiger partial charge in [0.15, 0.2) is 0 Å². The van der Waals surface area contributed by atoms with Crippen LogP contribution in [-0.2, 0) is 18.8 Å². The van der Waals surface area contributed by atoms with Crippen molar-refractivity contribution in [2.24, 2.45) is 0 Å². The fraction of sp³-hybridized carbons (Fsp3) is 0.552. The largest absolute Gasteiger partial charge is 0.416 e. The fourth-order valence-corrected chi connectivity index (χ4v) is 6.74. The van der Waals surface area contributed by atoms with Gasteiger partial charge in [-0.15, -0.1) is 0 Å². The molecule has 2 aromatic rings. The average molecular weight is 554 g/mol. The highest BCUT2D eigenvalue weighted by Gasteiger charge is 2.47. The van der Waals surface area contributed by atoms with E-state index in [0.717, 1.165) is 38.0 Å². The van der Waals surface area contributed by atoms with Gasteiger partial charge in [0, 0.05) is 42.8 Å². The first kappa shape index (κ1) is 28.0. The van der Waals surface area contributed by atoms with Crippen LogP contribution in [0.15, 0.2) is 48.5 Å². The molecule has 3 unspecified atom stereocenters. The minimum atomic E-state index is -5.01. The van der Waals surface area contributed by atoms with E-state index in [4.69, 9.17) is 0 Å². The Bertz CT molecular complexity index is 1150. The van der Waals surface area contributed by atoms with Crippen LogP contribution in [0.25, 0.3) is 0 Å². The second kappa shape index (κ2) is 10.4. The highest BCUT2D eigenvalue weighted by molar-refractivity contribution is 5.95. The van der Waals surface area contributed by atoms with E-state index in [0.29, 0.717) is 31.4 Å². The number of amides is 1. The number of alkyl halides is 6. The Morgan fingerprint density at radius 1 is 0.923 bits per heavy atom. The Kier molecular flexibility index (Phi) is 7.47. The molecule has 0 radical (unpaired) electrons. The van der Waals surface area contributed by atoms with Crippen LogP contribution in [0.5, 0.6) is 0 Å². The average Bonchev–Trinajstić information content (AvgIpc) is 3.49. The van der Waals surface area contributed by atoms with Crippen LogP contribution in [-0.4, -0.2) is 71.5 Å². The van der Waals surface area contributed by atoms with Gasteiger partial charge >= 0.3 is 12.4 Å². The zero-order chi connectivity index (χ0) is 28.0. The van der Waals surface area contributed by atoms with E-state index < -0.39 is 35.0 Å². The van der Waals surface area contributed by atoms with Gasteiger partial charge in [-0.25, -0.2) is 0 Å². The summed E-state index contributed by atoms with van der Waals surface area (Å²) in [6.45, 7) is 3.25. The Morgan fingerprint density at radius 3 is 2.18 bits per heavy atom. The standard InChI is InChI=1S/C29H33F6N3O/c1-36-11-5-9-27(36)10-13-37(19-27)24-8-12-38(25(18-24)14-20-6-3-2-4-7-20)26(39)21-15-22(28(30,31)32)17-23(16-21)29(33,34)35/h2-4,6-7,15-17,24-25H,5,8-14,18-19H2,1H3. The molecule has 0 bridgehead atoms. The number of hydrogen-bond donors (Lipinski definition) is 0. The minimum absolute atomic E-state index is 0.0632. The number of carbonyl (C=O) groups is 1. The Labute approximate surface area is 224 Å². The molecular formula is C29H33F6N3O. The van der Waals surface area contributed by atoms with E-state index in [1.54, 1.807) is 0 Å². The second-order valence-electron chi connectivity index (χ2n) is 11.3. The highest BCUT2D eigenvalue weighted by Crippen LogP contribution is 2.40. The van der Waals surface area contributed by atoms with E-state index in [-0.39, 0.29) is 30.2 Å². The number of benzene rings is 2. The number of hydrogen-bond acceptors (Lipinski definition) is 3. The van der Waals surface area contributed by atoms with Crippen molar-refractivity contribution >= 4 is 5.91 Å². The number of rotatable bonds is 4. The van der Waals surface area contributed by atoms with Gasteiger partial charge in [-0.2, -0.15) is 26.3 Å². The van der Waals surface area contributed by atoms with Crippen molar-refractivity contribution < 1.29 is 31.1 Å². The second-order valence-corrected chi connectivity index (χ2v) is 11.3. The molecular weight excluding hydrogens is 520 g/mol. The van der Waals surface area contributed by atoms with Gasteiger partial charge in [-0.05, 0) is 75.9 Å². The van der Waals surface area contributed by atoms with Gasteiger partial charge in [0.2, 0.25) is 0 Å². The number of likely N-dealkylation sites (N-methyl/N-ethyl adjacent to an activating group) is 1. The van der Waals surface area contributed by atoms with Gasteiger partial charge in [0.05, 0.1) is 11.1 Å². The van der Waals surface area contributed by atoms with Gasteiger partial charge in [0.25, 0.3) is 5.91 Å². The number of carbonyl (C=O) groups excluding carboxylic acids is 1. The number of nitrogens with zero attached hydrogens (tertiary/aromatic N) is 3. The summed E-state index contributed by atoms with van der Waals surface area (Å²) in [7, 11) is 2.17. The summed E-state index contributed by atoms with van der Waals surface area (Å²) in [6, 6.07) is 10.5. The summed E-state index contributed by atoms with van der Waals surface area (Å²) in [4.78, 5) is 20.0. The first-order valence-electron chi connectivity index (χ1n) is 13.5. The molecule has 3 aliphatic heterocycles. The minimum Gasteiger partial charge on any atom is -0.335 e. The van der Waals surface area contributed by atoms with Crippen molar-refractivity contribution in [2.75, 3.05) is 33.2 Å². The summed E-state index contributed by atoms with van der Waals surface area (Å²) >= 11 is 0. The molecule has 0 saturated carbocycles. The molecule has 39 heavy (non-hydrogen) atoms. The number of piperidine rings is 1. The maximum Gasteiger partial charge on any atom is 0.416 e.